The maximum absolute atomic E-state index is 12.4. The summed E-state index contributed by atoms with van der Waals surface area (Å²) in [5, 5.41) is 6.52. The van der Waals surface area contributed by atoms with E-state index >= 15 is 0 Å². The van der Waals surface area contributed by atoms with Crippen LogP contribution in [0.5, 0.6) is 11.5 Å². The van der Waals surface area contributed by atoms with E-state index in [1.807, 2.05) is 31.2 Å². The molecule has 2 N–H and O–H groups in total. The number of amides is 2. The minimum Gasteiger partial charge on any atom is -0.497 e. The summed E-state index contributed by atoms with van der Waals surface area (Å²) in [4.78, 5) is 16.7. The van der Waals surface area contributed by atoms with E-state index in [4.69, 9.17) is 9.47 Å². The molecule has 0 fully saturated rings. The van der Waals surface area contributed by atoms with E-state index in [2.05, 4.69) is 15.6 Å². The van der Waals surface area contributed by atoms with Crippen LogP contribution in [0.3, 0.4) is 0 Å². The van der Waals surface area contributed by atoms with Crippen LogP contribution in [0.2, 0.25) is 0 Å². The van der Waals surface area contributed by atoms with Crippen LogP contribution in [0.25, 0.3) is 10.9 Å². The second kappa shape index (κ2) is 8.92. The first-order valence-corrected chi connectivity index (χ1v) is 7.93. The van der Waals surface area contributed by atoms with Gasteiger partial charge in [-0.25, -0.2) is 4.79 Å². The molecule has 6 nitrogen and oxygen atoms in total. The normalized spacial score (nSPS) is 9.92. The molecule has 0 bridgehead atoms. The number of fused-ring (bicyclic) bond motifs is 1. The largest absolute Gasteiger partial charge is 0.497 e. The third kappa shape index (κ3) is 4.55. The van der Waals surface area contributed by atoms with Gasteiger partial charge in [-0.3, -0.25) is 4.98 Å². The fourth-order valence-electron chi connectivity index (χ4n) is 2.50. The Hall–Kier alpha value is -2.99. The number of anilines is 2. The summed E-state index contributed by atoms with van der Waals surface area (Å²) in [6.45, 7) is 2.43. The number of methoxy groups -OCH3 is 1. The Bertz CT molecular complexity index is 897. The number of nitrogens with one attached hydrogen (secondary N) is 2. The molecular formula is C19H20ClN3O3. The van der Waals surface area contributed by atoms with Gasteiger partial charge in [0.2, 0.25) is 0 Å². The van der Waals surface area contributed by atoms with Crippen LogP contribution in [0.15, 0.2) is 54.7 Å². The zero-order valence-electron chi connectivity index (χ0n) is 14.5. The van der Waals surface area contributed by atoms with E-state index in [1.54, 1.807) is 37.6 Å². The van der Waals surface area contributed by atoms with Gasteiger partial charge in [0.15, 0.2) is 0 Å². The second-order valence-corrected chi connectivity index (χ2v) is 5.29. The van der Waals surface area contributed by atoms with E-state index in [-0.39, 0.29) is 18.4 Å². The van der Waals surface area contributed by atoms with Gasteiger partial charge in [0.25, 0.3) is 0 Å². The summed E-state index contributed by atoms with van der Waals surface area (Å²) in [6, 6.07) is 14.3. The Kier molecular flexibility index (Phi) is 6.63. The van der Waals surface area contributed by atoms with Crippen molar-refractivity contribution in [3.05, 3.63) is 54.7 Å². The summed E-state index contributed by atoms with van der Waals surface area (Å²) in [5.74, 6) is 1.24. The Labute approximate surface area is 157 Å². The maximum atomic E-state index is 12.4. The van der Waals surface area contributed by atoms with E-state index in [1.165, 1.54) is 0 Å². The Morgan fingerprint density at radius 2 is 1.85 bits per heavy atom. The fourth-order valence-corrected chi connectivity index (χ4v) is 2.50. The molecule has 0 aliphatic carbocycles. The van der Waals surface area contributed by atoms with Crippen molar-refractivity contribution in [2.45, 2.75) is 6.92 Å². The lowest BCUT2D eigenvalue weighted by atomic mass is 10.2. The number of carbonyl (C=O) groups excluding carboxylic acids is 1. The molecule has 0 saturated carbocycles. The lowest BCUT2D eigenvalue weighted by molar-refractivity contribution is 0.262. The maximum Gasteiger partial charge on any atom is 0.323 e. The van der Waals surface area contributed by atoms with Crippen LogP contribution >= 0.6 is 12.4 Å². The molecule has 0 radical (unpaired) electrons. The molecule has 136 valence electrons. The van der Waals surface area contributed by atoms with Crippen molar-refractivity contribution in [1.82, 2.24) is 4.98 Å². The second-order valence-electron chi connectivity index (χ2n) is 5.29. The molecule has 0 spiro atoms. The van der Waals surface area contributed by atoms with Gasteiger partial charge in [-0.2, -0.15) is 0 Å². The van der Waals surface area contributed by atoms with Gasteiger partial charge in [0, 0.05) is 35.5 Å². The monoisotopic (exact) mass is 373 g/mol. The SMILES string of the molecule is CCOc1cc(NC(=O)Nc2ccnc3ccccc23)cc(OC)c1.Cl. The molecule has 3 rings (SSSR count). The molecule has 1 heterocycles. The number of hydrogen-bond donors (Lipinski definition) is 2. The van der Waals surface area contributed by atoms with Crippen molar-refractivity contribution in [2.24, 2.45) is 0 Å². The first kappa shape index (κ1) is 19.3. The van der Waals surface area contributed by atoms with E-state index in [0.29, 0.717) is 29.5 Å². The first-order chi connectivity index (χ1) is 12.2. The number of aromatic nitrogens is 1. The standard InChI is InChI=1S/C19H19N3O3.ClH/c1-3-25-15-11-13(10-14(12-15)24-2)21-19(23)22-18-8-9-20-17-7-5-4-6-16(17)18;/h4-12H,3H2,1-2H3,(H2,20,21,22,23);1H. The predicted octanol–water partition coefficient (Wildman–Crippen LogP) is 4.71. The minimum absolute atomic E-state index is 0. The smallest absolute Gasteiger partial charge is 0.323 e. The van der Waals surface area contributed by atoms with Crippen molar-refractivity contribution in [3.63, 3.8) is 0 Å². The summed E-state index contributed by atoms with van der Waals surface area (Å²) in [6.07, 6.45) is 1.66. The number of nitrogens with zero attached hydrogens (tertiary/aromatic N) is 1. The highest BCUT2D eigenvalue weighted by molar-refractivity contribution is 6.05. The zero-order chi connectivity index (χ0) is 17.6. The van der Waals surface area contributed by atoms with Crippen LogP contribution in [-0.2, 0) is 0 Å². The van der Waals surface area contributed by atoms with Gasteiger partial charge in [0.05, 0.1) is 24.9 Å². The predicted molar refractivity (Wildman–Crippen MR) is 106 cm³/mol. The summed E-state index contributed by atoms with van der Waals surface area (Å²) in [7, 11) is 1.57. The summed E-state index contributed by atoms with van der Waals surface area (Å²) < 4.78 is 10.7. The highest BCUT2D eigenvalue weighted by Crippen LogP contribution is 2.26. The molecule has 1 aromatic heterocycles. The van der Waals surface area contributed by atoms with Crippen LogP contribution in [0.4, 0.5) is 16.2 Å². The lowest BCUT2D eigenvalue weighted by Crippen LogP contribution is -2.19. The Morgan fingerprint density at radius 1 is 1.08 bits per heavy atom. The highest BCUT2D eigenvalue weighted by atomic mass is 35.5. The van der Waals surface area contributed by atoms with Gasteiger partial charge in [-0.05, 0) is 19.1 Å². The number of benzene rings is 2. The average molecular weight is 374 g/mol. The topological polar surface area (TPSA) is 72.5 Å². The molecule has 0 saturated heterocycles. The Balaban J connectivity index is 0.00000243. The van der Waals surface area contributed by atoms with Crippen LogP contribution in [-0.4, -0.2) is 24.7 Å². The number of halogens is 1. The van der Waals surface area contributed by atoms with Crippen LogP contribution in [0.1, 0.15) is 6.92 Å². The van der Waals surface area contributed by atoms with Crippen LogP contribution in [0, 0.1) is 0 Å². The molecule has 3 aromatic rings. The molecule has 2 aromatic carbocycles. The summed E-state index contributed by atoms with van der Waals surface area (Å²) in [5.41, 5.74) is 2.09. The first-order valence-electron chi connectivity index (χ1n) is 7.93. The fraction of sp³-hybridized carbons (Fsp3) is 0.158. The zero-order valence-corrected chi connectivity index (χ0v) is 15.3. The van der Waals surface area contributed by atoms with Crippen LogP contribution < -0.4 is 20.1 Å². The number of carbonyl (C=O) groups is 1. The molecule has 0 unspecified atom stereocenters. The number of ether oxygens (including phenoxy) is 2. The molecule has 0 aliphatic heterocycles. The van der Waals surface area contributed by atoms with Gasteiger partial charge >= 0.3 is 6.03 Å². The van der Waals surface area contributed by atoms with Crippen molar-refractivity contribution in [3.8, 4) is 11.5 Å². The third-order valence-corrected chi connectivity index (χ3v) is 3.58. The van der Waals surface area contributed by atoms with E-state index in [0.717, 1.165) is 10.9 Å². The quantitative estimate of drug-likeness (QED) is 0.679. The lowest BCUT2D eigenvalue weighted by Gasteiger charge is -2.12. The van der Waals surface area contributed by atoms with Gasteiger partial charge in [0.1, 0.15) is 11.5 Å². The molecule has 0 atom stereocenters. The van der Waals surface area contributed by atoms with Crippen molar-refractivity contribution in [2.75, 3.05) is 24.4 Å². The summed E-state index contributed by atoms with van der Waals surface area (Å²) >= 11 is 0. The number of urea groups is 1. The highest BCUT2D eigenvalue weighted by Gasteiger charge is 2.08. The van der Waals surface area contributed by atoms with Crippen molar-refractivity contribution < 1.29 is 14.3 Å². The van der Waals surface area contributed by atoms with Gasteiger partial charge in [-0.1, -0.05) is 18.2 Å². The van der Waals surface area contributed by atoms with E-state index < -0.39 is 0 Å². The minimum atomic E-state index is -0.355. The van der Waals surface area contributed by atoms with Gasteiger partial charge < -0.3 is 20.1 Å². The number of para-hydroxylation sites is 1. The Morgan fingerprint density at radius 3 is 2.62 bits per heavy atom. The molecule has 0 aliphatic rings. The third-order valence-electron chi connectivity index (χ3n) is 3.58. The molecule has 26 heavy (non-hydrogen) atoms. The average Bonchev–Trinajstić information content (AvgIpc) is 2.62. The van der Waals surface area contributed by atoms with Crippen molar-refractivity contribution in [1.29, 1.82) is 0 Å². The number of rotatable bonds is 5. The van der Waals surface area contributed by atoms with Gasteiger partial charge in [-0.15, -0.1) is 12.4 Å². The number of hydrogen-bond acceptors (Lipinski definition) is 4. The molecular weight excluding hydrogens is 354 g/mol. The van der Waals surface area contributed by atoms with Crippen molar-refractivity contribution >= 4 is 40.7 Å². The molecule has 2 amide bonds. The molecule has 7 heteroatoms. The van der Waals surface area contributed by atoms with E-state index in [9.17, 15) is 4.79 Å². The number of pyridine rings is 1.